The third kappa shape index (κ3) is 2.46. The number of rotatable bonds is 2. The molecule has 0 aromatic heterocycles. The van der Waals surface area contributed by atoms with Crippen LogP contribution in [0.5, 0.6) is 0 Å². The van der Waals surface area contributed by atoms with E-state index in [0.717, 1.165) is 5.69 Å². The molecule has 1 aromatic rings. The van der Waals surface area contributed by atoms with Crippen LogP contribution in [0.25, 0.3) is 0 Å². The molecule has 82 valence electrons. The Morgan fingerprint density at radius 1 is 1.47 bits per heavy atom. The van der Waals surface area contributed by atoms with Crippen LogP contribution < -0.4 is 5.32 Å². The molecule has 1 aliphatic heterocycles. The maximum atomic E-state index is 13.3. The van der Waals surface area contributed by atoms with Gasteiger partial charge in [-0.3, -0.25) is 0 Å². The molecule has 15 heavy (non-hydrogen) atoms. The highest BCUT2D eigenvalue weighted by Crippen LogP contribution is 2.29. The standard InChI is InChI=1S/C12H16FNS/c1-8-3-4-10(7-11(8)13)14-12-5-6-15-9(12)2/h3-4,7,9,12,14H,5-6H2,1-2H3. The van der Waals surface area contributed by atoms with Crippen LogP contribution in [0, 0.1) is 12.7 Å². The average Bonchev–Trinajstić information content (AvgIpc) is 2.59. The van der Waals surface area contributed by atoms with Crippen molar-refractivity contribution in [3.8, 4) is 0 Å². The van der Waals surface area contributed by atoms with Gasteiger partial charge in [0.2, 0.25) is 0 Å². The number of aryl methyl sites for hydroxylation is 1. The Morgan fingerprint density at radius 3 is 2.87 bits per heavy atom. The van der Waals surface area contributed by atoms with Crippen molar-refractivity contribution in [1.29, 1.82) is 0 Å². The summed E-state index contributed by atoms with van der Waals surface area (Å²) in [4.78, 5) is 0. The molecule has 1 nitrogen and oxygen atoms in total. The fraction of sp³-hybridized carbons (Fsp3) is 0.500. The lowest BCUT2D eigenvalue weighted by Gasteiger charge is -2.18. The summed E-state index contributed by atoms with van der Waals surface area (Å²) in [7, 11) is 0. The smallest absolute Gasteiger partial charge is 0.128 e. The van der Waals surface area contributed by atoms with E-state index in [1.807, 2.05) is 23.9 Å². The number of hydrogen-bond donors (Lipinski definition) is 1. The van der Waals surface area contributed by atoms with E-state index in [1.165, 1.54) is 12.2 Å². The van der Waals surface area contributed by atoms with Gasteiger partial charge in [0.1, 0.15) is 5.82 Å². The van der Waals surface area contributed by atoms with Gasteiger partial charge in [-0.05, 0) is 36.8 Å². The number of anilines is 1. The SMILES string of the molecule is Cc1ccc(NC2CCSC2C)cc1F. The molecule has 0 saturated carbocycles. The van der Waals surface area contributed by atoms with Gasteiger partial charge in [0.25, 0.3) is 0 Å². The summed E-state index contributed by atoms with van der Waals surface area (Å²) in [5, 5.41) is 4.02. The summed E-state index contributed by atoms with van der Waals surface area (Å²) in [6.07, 6.45) is 1.17. The first-order valence-electron chi connectivity index (χ1n) is 5.31. The van der Waals surface area contributed by atoms with Crippen LogP contribution in [-0.2, 0) is 0 Å². The van der Waals surface area contributed by atoms with Crippen molar-refractivity contribution in [2.45, 2.75) is 31.6 Å². The highest BCUT2D eigenvalue weighted by Gasteiger charge is 2.23. The van der Waals surface area contributed by atoms with Crippen LogP contribution in [0.4, 0.5) is 10.1 Å². The summed E-state index contributed by atoms with van der Waals surface area (Å²) in [6, 6.07) is 5.85. The highest BCUT2D eigenvalue weighted by molar-refractivity contribution is 8.00. The van der Waals surface area contributed by atoms with Crippen molar-refractivity contribution in [2.75, 3.05) is 11.1 Å². The number of thioether (sulfide) groups is 1. The summed E-state index contributed by atoms with van der Waals surface area (Å²) in [5.74, 6) is 1.07. The Hall–Kier alpha value is -0.700. The van der Waals surface area contributed by atoms with Crippen LogP contribution in [0.2, 0.25) is 0 Å². The Bertz CT molecular complexity index is 353. The molecule has 0 bridgehead atoms. The molecule has 0 aliphatic carbocycles. The number of nitrogens with one attached hydrogen (secondary N) is 1. The topological polar surface area (TPSA) is 12.0 Å². The number of benzene rings is 1. The van der Waals surface area contributed by atoms with E-state index >= 15 is 0 Å². The molecule has 1 aromatic carbocycles. The second kappa shape index (κ2) is 4.44. The van der Waals surface area contributed by atoms with Crippen molar-refractivity contribution in [3.63, 3.8) is 0 Å². The molecule has 2 unspecified atom stereocenters. The molecular formula is C12H16FNS. The Kier molecular flexibility index (Phi) is 3.19. The van der Waals surface area contributed by atoms with Gasteiger partial charge in [-0.2, -0.15) is 11.8 Å². The third-order valence-corrected chi connectivity index (χ3v) is 4.23. The second-order valence-electron chi connectivity index (χ2n) is 4.08. The average molecular weight is 225 g/mol. The first-order valence-corrected chi connectivity index (χ1v) is 6.36. The summed E-state index contributed by atoms with van der Waals surface area (Å²) < 4.78 is 13.3. The van der Waals surface area contributed by atoms with E-state index in [2.05, 4.69) is 12.2 Å². The lowest BCUT2D eigenvalue weighted by Crippen LogP contribution is -2.24. The van der Waals surface area contributed by atoms with Gasteiger partial charge in [-0.15, -0.1) is 0 Å². The van der Waals surface area contributed by atoms with E-state index in [0.29, 0.717) is 16.9 Å². The molecule has 1 heterocycles. The van der Waals surface area contributed by atoms with E-state index in [4.69, 9.17) is 0 Å². The van der Waals surface area contributed by atoms with Crippen molar-refractivity contribution >= 4 is 17.4 Å². The highest BCUT2D eigenvalue weighted by atomic mass is 32.2. The molecule has 0 amide bonds. The lowest BCUT2D eigenvalue weighted by molar-refractivity contribution is 0.618. The molecule has 3 heteroatoms. The van der Waals surface area contributed by atoms with Gasteiger partial charge < -0.3 is 5.32 Å². The summed E-state index contributed by atoms with van der Waals surface area (Å²) >= 11 is 1.98. The van der Waals surface area contributed by atoms with E-state index < -0.39 is 0 Å². The van der Waals surface area contributed by atoms with Gasteiger partial charge >= 0.3 is 0 Å². The van der Waals surface area contributed by atoms with Crippen LogP contribution in [0.3, 0.4) is 0 Å². The van der Waals surface area contributed by atoms with Gasteiger partial charge in [-0.1, -0.05) is 13.0 Å². The molecule has 1 saturated heterocycles. The maximum absolute atomic E-state index is 13.3. The molecule has 0 spiro atoms. The largest absolute Gasteiger partial charge is 0.381 e. The lowest BCUT2D eigenvalue weighted by atomic mass is 10.1. The monoisotopic (exact) mass is 225 g/mol. The van der Waals surface area contributed by atoms with Crippen LogP contribution >= 0.6 is 11.8 Å². The quantitative estimate of drug-likeness (QED) is 0.827. The Balaban J connectivity index is 2.07. The summed E-state index contributed by atoms with van der Waals surface area (Å²) in [6.45, 7) is 4.01. The van der Waals surface area contributed by atoms with Gasteiger partial charge in [0, 0.05) is 17.0 Å². The van der Waals surface area contributed by atoms with Crippen LogP contribution in [-0.4, -0.2) is 17.0 Å². The zero-order chi connectivity index (χ0) is 10.8. The fourth-order valence-electron chi connectivity index (χ4n) is 1.82. The first-order chi connectivity index (χ1) is 7.16. The fourth-order valence-corrected chi connectivity index (χ4v) is 3.02. The van der Waals surface area contributed by atoms with Gasteiger partial charge in [0.05, 0.1) is 0 Å². The number of halogens is 1. The molecule has 1 N–H and O–H groups in total. The predicted molar refractivity (Wildman–Crippen MR) is 65.1 cm³/mol. The predicted octanol–water partition coefficient (Wildman–Crippen LogP) is 3.44. The zero-order valence-corrected chi connectivity index (χ0v) is 9.90. The first kappa shape index (κ1) is 10.8. The molecule has 1 aliphatic rings. The normalized spacial score (nSPS) is 25.5. The van der Waals surface area contributed by atoms with E-state index in [9.17, 15) is 4.39 Å². The number of hydrogen-bond acceptors (Lipinski definition) is 2. The van der Waals surface area contributed by atoms with Gasteiger partial charge in [0.15, 0.2) is 0 Å². The zero-order valence-electron chi connectivity index (χ0n) is 9.09. The molecule has 1 fully saturated rings. The second-order valence-corrected chi connectivity index (χ2v) is 5.56. The molecular weight excluding hydrogens is 209 g/mol. The Morgan fingerprint density at radius 2 is 2.27 bits per heavy atom. The third-order valence-electron chi connectivity index (χ3n) is 2.90. The van der Waals surface area contributed by atoms with Crippen molar-refractivity contribution < 1.29 is 4.39 Å². The van der Waals surface area contributed by atoms with Crippen molar-refractivity contribution in [2.24, 2.45) is 0 Å². The van der Waals surface area contributed by atoms with E-state index in [1.54, 1.807) is 13.0 Å². The minimum absolute atomic E-state index is 0.127. The van der Waals surface area contributed by atoms with Gasteiger partial charge in [-0.25, -0.2) is 4.39 Å². The summed E-state index contributed by atoms with van der Waals surface area (Å²) in [5.41, 5.74) is 1.60. The molecule has 0 radical (unpaired) electrons. The minimum atomic E-state index is -0.127. The molecule has 2 atom stereocenters. The van der Waals surface area contributed by atoms with Crippen LogP contribution in [0.15, 0.2) is 18.2 Å². The minimum Gasteiger partial charge on any atom is -0.381 e. The van der Waals surface area contributed by atoms with Crippen molar-refractivity contribution in [3.05, 3.63) is 29.6 Å². The van der Waals surface area contributed by atoms with Crippen molar-refractivity contribution in [1.82, 2.24) is 0 Å². The Labute approximate surface area is 94.5 Å². The maximum Gasteiger partial charge on any atom is 0.128 e. The molecule has 2 rings (SSSR count). The van der Waals surface area contributed by atoms with E-state index in [-0.39, 0.29) is 5.82 Å². The van der Waals surface area contributed by atoms with Crippen LogP contribution in [0.1, 0.15) is 18.9 Å².